The number of ether oxygens (including phenoxy) is 3. The zero-order valence-electron chi connectivity index (χ0n) is 15.5. The predicted molar refractivity (Wildman–Crippen MR) is 85.3 cm³/mol. The minimum absolute atomic E-state index is 0.294. The molecule has 0 saturated heterocycles. The van der Waals surface area contributed by atoms with Crippen molar-refractivity contribution in [3.63, 3.8) is 0 Å². The van der Waals surface area contributed by atoms with Crippen LogP contribution in [0, 0.1) is 5.41 Å². The molecule has 7 nitrogen and oxygen atoms in total. The molecule has 3 aliphatic rings. The molecule has 3 fully saturated rings. The van der Waals surface area contributed by atoms with Crippen LogP contribution in [0.1, 0.15) is 60.8 Å². The molecule has 3 aliphatic carbocycles. The molecule has 136 valence electrons. The lowest BCUT2D eigenvalue weighted by Crippen LogP contribution is -2.79. The number of imide groups is 1. The summed E-state index contributed by atoms with van der Waals surface area (Å²) in [7, 11) is 1.34. The summed E-state index contributed by atoms with van der Waals surface area (Å²) in [5.41, 5.74) is -2.75. The number of esters is 1. The van der Waals surface area contributed by atoms with E-state index in [-0.39, 0.29) is 5.97 Å². The fraction of sp³-hybridized carbons (Fsp3) is 0.824. The molecule has 2 amide bonds. The first-order valence-electron chi connectivity index (χ1n) is 8.08. The van der Waals surface area contributed by atoms with Gasteiger partial charge in [0, 0.05) is 0 Å². The summed E-state index contributed by atoms with van der Waals surface area (Å²) in [6.45, 7) is 10.4. The highest BCUT2D eigenvalue weighted by Crippen LogP contribution is 2.70. The van der Waals surface area contributed by atoms with E-state index < -0.39 is 34.3 Å². The molecule has 0 aromatic rings. The van der Waals surface area contributed by atoms with Gasteiger partial charge in [0.05, 0.1) is 18.1 Å². The van der Waals surface area contributed by atoms with Crippen LogP contribution in [0.25, 0.3) is 0 Å². The summed E-state index contributed by atoms with van der Waals surface area (Å²) in [5.74, 6) is -0.294. The molecule has 0 N–H and O–H groups in total. The van der Waals surface area contributed by atoms with Gasteiger partial charge in [-0.1, -0.05) is 0 Å². The molecule has 0 spiro atoms. The van der Waals surface area contributed by atoms with Gasteiger partial charge in [-0.2, -0.15) is 0 Å². The van der Waals surface area contributed by atoms with E-state index in [1.54, 1.807) is 41.5 Å². The molecular formula is C17H27NO6. The van der Waals surface area contributed by atoms with Gasteiger partial charge in [0.25, 0.3) is 0 Å². The second kappa shape index (κ2) is 5.36. The Balaban J connectivity index is 2.19. The summed E-state index contributed by atoms with van der Waals surface area (Å²) >= 11 is 0. The zero-order chi connectivity index (χ0) is 18.6. The first-order chi connectivity index (χ1) is 10.7. The average molecular weight is 341 g/mol. The van der Waals surface area contributed by atoms with Crippen molar-refractivity contribution in [2.45, 2.75) is 77.5 Å². The van der Waals surface area contributed by atoms with E-state index in [0.717, 1.165) is 4.90 Å². The topological polar surface area (TPSA) is 82.1 Å². The Kier molecular flexibility index (Phi) is 4.14. The van der Waals surface area contributed by atoms with Gasteiger partial charge < -0.3 is 14.2 Å². The second-order valence-corrected chi connectivity index (χ2v) is 8.82. The molecule has 2 bridgehead atoms. The average Bonchev–Trinajstić information content (AvgIpc) is 2.25. The quantitative estimate of drug-likeness (QED) is 0.566. The minimum atomic E-state index is -0.741. The Labute approximate surface area is 142 Å². The maximum atomic E-state index is 12.6. The van der Waals surface area contributed by atoms with E-state index in [1.807, 2.05) is 0 Å². The van der Waals surface area contributed by atoms with Crippen molar-refractivity contribution < 1.29 is 28.6 Å². The van der Waals surface area contributed by atoms with Gasteiger partial charge >= 0.3 is 18.2 Å². The van der Waals surface area contributed by atoms with Crippen molar-refractivity contribution in [2.75, 3.05) is 7.11 Å². The van der Waals surface area contributed by atoms with Crippen molar-refractivity contribution in [1.29, 1.82) is 0 Å². The van der Waals surface area contributed by atoms with Gasteiger partial charge in [-0.25, -0.2) is 14.5 Å². The highest BCUT2D eigenvalue weighted by Gasteiger charge is 2.77. The highest BCUT2D eigenvalue weighted by atomic mass is 16.6. The van der Waals surface area contributed by atoms with Crippen LogP contribution in [0.4, 0.5) is 9.59 Å². The van der Waals surface area contributed by atoms with E-state index in [2.05, 4.69) is 0 Å². The van der Waals surface area contributed by atoms with Gasteiger partial charge in [-0.05, 0) is 60.8 Å². The molecule has 3 saturated carbocycles. The molecule has 3 rings (SSSR count). The number of rotatable bonds is 2. The Bertz CT molecular complexity index is 521. The molecule has 24 heavy (non-hydrogen) atoms. The molecular weight excluding hydrogens is 314 g/mol. The number of nitrogens with zero attached hydrogens (tertiary/aromatic N) is 1. The maximum absolute atomic E-state index is 12.6. The molecule has 0 atom stereocenters. The van der Waals surface area contributed by atoms with Crippen LogP contribution < -0.4 is 0 Å². The first-order valence-corrected chi connectivity index (χ1v) is 8.08. The standard InChI is InChI=1S/C17H27NO6/c1-14(2,3)23-12(20)18(13(21)24-15(4,5)6)17-8-16(9-17,10-17)11(19)22-7/h8-10H2,1-7H3. The highest BCUT2D eigenvalue weighted by molar-refractivity contribution is 5.92. The fourth-order valence-corrected chi connectivity index (χ4v) is 3.48. The molecule has 0 unspecified atom stereocenters. The largest absolute Gasteiger partial charge is 0.469 e. The summed E-state index contributed by atoms with van der Waals surface area (Å²) in [4.78, 5) is 38.1. The first kappa shape index (κ1) is 18.5. The monoisotopic (exact) mass is 341 g/mol. The lowest BCUT2D eigenvalue weighted by Gasteiger charge is -2.70. The molecule has 0 aromatic heterocycles. The number of hydrogen-bond acceptors (Lipinski definition) is 6. The predicted octanol–water partition coefficient (Wildman–Crippen LogP) is 3.25. The van der Waals surface area contributed by atoms with Crippen LogP contribution in [-0.2, 0) is 19.0 Å². The molecule has 0 heterocycles. The van der Waals surface area contributed by atoms with Gasteiger partial charge in [0.15, 0.2) is 0 Å². The van der Waals surface area contributed by atoms with Crippen molar-refractivity contribution in [1.82, 2.24) is 4.90 Å². The second-order valence-electron chi connectivity index (χ2n) is 8.82. The lowest BCUT2D eigenvalue weighted by molar-refractivity contribution is -0.223. The minimum Gasteiger partial charge on any atom is -0.469 e. The van der Waals surface area contributed by atoms with Crippen LogP contribution >= 0.6 is 0 Å². The summed E-state index contributed by atoms with van der Waals surface area (Å²) in [6, 6.07) is 0. The van der Waals surface area contributed by atoms with Gasteiger partial charge in [0.2, 0.25) is 0 Å². The van der Waals surface area contributed by atoms with Gasteiger partial charge in [-0.3, -0.25) is 4.79 Å². The van der Waals surface area contributed by atoms with E-state index >= 15 is 0 Å². The van der Waals surface area contributed by atoms with Crippen LogP contribution in [0.15, 0.2) is 0 Å². The lowest BCUT2D eigenvalue weighted by atomic mass is 9.39. The summed E-state index contributed by atoms with van der Waals surface area (Å²) in [6.07, 6.45) is -0.300. The normalized spacial score (nSPS) is 28.1. The third-order valence-electron chi connectivity index (χ3n) is 4.25. The number of carbonyl (C=O) groups excluding carboxylic acids is 3. The molecule has 0 aromatic carbocycles. The Morgan fingerprint density at radius 1 is 0.833 bits per heavy atom. The van der Waals surface area contributed by atoms with Crippen LogP contribution in [0.3, 0.4) is 0 Å². The Morgan fingerprint density at radius 2 is 1.21 bits per heavy atom. The van der Waals surface area contributed by atoms with E-state index in [1.165, 1.54) is 7.11 Å². The van der Waals surface area contributed by atoms with Crippen LogP contribution in [0.2, 0.25) is 0 Å². The van der Waals surface area contributed by atoms with Crippen molar-refractivity contribution in [3.8, 4) is 0 Å². The molecule has 0 radical (unpaired) electrons. The Morgan fingerprint density at radius 3 is 1.50 bits per heavy atom. The van der Waals surface area contributed by atoms with E-state index in [4.69, 9.17) is 14.2 Å². The summed E-state index contributed by atoms with van der Waals surface area (Å²) in [5, 5.41) is 0. The number of hydrogen-bond donors (Lipinski definition) is 0. The molecule has 7 heteroatoms. The third kappa shape index (κ3) is 3.21. The van der Waals surface area contributed by atoms with Crippen molar-refractivity contribution >= 4 is 18.2 Å². The van der Waals surface area contributed by atoms with Crippen molar-refractivity contribution in [3.05, 3.63) is 0 Å². The number of carbonyl (C=O) groups is 3. The van der Waals surface area contributed by atoms with E-state index in [0.29, 0.717) is 19.3 Å². The van der Waals surface area contributed by atoms with Crippen molar-refractivity contribution in [2.24, 2.45) is 5.41 Å². The van der Waals surface area contributed by atoms with Crippen LogP contribution in [0.5, 0.6) is 0 Å². The fourth-order valence-electron chi connectivity index (χ4n) is 3.48. The SMILES string of the molecule is COC(=O)C12CC(N(C(=O)OC(C)(C)C)C(=O)OC(C)(C)C)(C1)C2. The third-order valence-corrected chi connectivity index (χ3v) is 4.25. The molecule has 0 aliphatic heterocycles. The zero-order valence-corrected chi connectivity index (χ0v) is 15.5. The maximum Gasteiger partial charge on any atom is 0.420 e. The van der Waals surface area contributed by atoms with Gasteiger partial charge in [-0.15, -0.1) is 0 Å². The smallest absolute Gasteiger partial charge is 0.420 e. The number of amides is 2. The van der Waals surface area contributed by atoms with Crippen LogP contribution in [-0.4, -0.2) is 46.9 Å². The van der Waals surface area contributed by atoms with E-state index in [9.17, 15) is 14.4 Å². The summed E-state index contributed by atoms with van der Waals surface area (Å²) < 4.78 is 15.6. The van der Waals surface area contributed by atoms with Gasteiger partial charge in [0.1, 0.15) is 11.2 Å². The Hall–Kier alpha value is -1.79. The number of methoxy groups -OCH3 is 1.